The number of aliphatic hydroxyl groups is 1. The van der Waals surface area contributed by atoms with Crippen molar-refractivity contribution in [1.29, 1.82) is 0 Å². The smallest absolute Gasteiger partial charge is 0.162 e. The van der Waals surface area contributed by atoms with Crippen molar-refractivity contribution in [1.82, 2.24) is 0 Å². The van der Waals surface area contributed by atoms with E-state index in [1.54, 1.807) is 6.07 Å². The van der Waals surface area contributed by atoms with E-state index < -0.39 is 11.6 Å². The summed E-state index contributed by atoms with van der Waals surface area (Å²) in [5.74, 6) is -0.671. The van der Waals surface area contributed by atoms with E-state index in [0.717, 1.165) is 6.07 Å². The first-order valence-corrected chi connectivity index (χ1v) is 5.02. The number of hydrogen-bond acceptors (Lipinski definition) is 2. The lowest BCUT2D eigenvalue weighted by atomic mass is 10.2. The highest BCUT2D eigenvalue weighted by molar-refractivity contribution is 7.98. The summed E-state index contributed by atoms with van der Waals surface area (Å²) in [6.45, 7) is 0.0571. The van der Waals surface area contributed by atoms with Gasteiger partial charge >= 0.3 is 0 Å². The van der Waals surface area contributed by atoms with E-state index in [2.05, 4.69) is 0 Å². The fourth-order valence-electron chi connectivity index (χ4n) is 0.907. The Morgan fingerprint density at radius 3 is 2.77 bits per heavy atom. The highest BCUT2D eigenvalue weighted by atomic mass is 32.2. The Hall–Kier alpha value is -0.610. The van der Waals surface area contributed by atoms with Gasteiger partial charge in [-0.25, -0.2) is 8.78 Å². The molecule has 0 unspecified atom stereocenters. The van der Waals surface area contributed by atoms with Gasteiger partial charge in [-0.05, 0) is 6.07 Å². The quantitative estimate of drug-likeness (QED) is 0.759. The molecular weight excluding hydrogens is 194 g/mol. The third-order valence-electron chi connectivity index (χ3n) is 1.52. The van der Waals surface area contributed by atoms with Crippen LogP contribution in [-0.2, 0) is 5.75 Å². The zero-order chi connectivity index (χ0) is 9.68. The van der Waals surface area contributed by atoms with Gasteiger partial charge in [0.2, 0.25) is 0 Å². The Kier molecular flexibility index (Phi) is 4.18. The first-order chi connectivity index (χ1) is 6.25. The molecular formula is C9H10F2OS. The van der Waals surface area contributed by atoms with Crippen molar-refractivity contribution in [2.75, 3.05) is 12.4 Å². The van der Waals surface area contributed by atoms with Crippen LogP contribution in [-0.4, -0.2) is 17.5 Å². The summed E-state index contributed by atoms with van der Waals surface area (Å²) >= 11 is 1.37. The Balaban J connectivity index is 2.61. The van der Waals surface area contributed by atoms with Crippen molar-refractivity contribution in [3.8, 4) is 0 Å². The molecule has 0 aromatic heterocycles. The van der Waals surface area contributed by atoms with E-state index in [9.17, 15) is 8.78 Å². The molecule has 0 saturated carbocycles. The Labute approximate surface area is 79.8 Å². The van der Waals surface area contributed by atoms with Crippen LogP contribution in [0.2, 0.25) is 0 Å². The molecule has 13 heavy (non-hydrogen) atoms. The molecule has 72 valence electrons. The molecule has 0 fully saturated rings. The average molecular weight is 204 g/mol. The van der Waals surface area contributed by atoms with Crippen LogP contribution in [0, 0.1) is 11.6 Å². The summed E-state index contributed by atoms with van der Waals surface area (Å²) in [7, 11) is 0. The summed E-state index contributed by atoms with van der Waals surface area (Å²) in [5.41, 5.74) is 0.346. The standard InChI is InChI=1S/C9H10F2OS/c10-8-3-1-2-7(9(8)11)6-13-5-4-12/h1-3,12H,4-6H2. The van der Waals surface area contributed by atoms with Crippen LogP contribution >= 0.6 is 11.8 Å². The molecule has 0 aliphatic carbocycles. The summed E-state index contributed by atoms with van der Waals surface area (Å²) in [6.07, 6.45) is 0. The third kappa shape index (κ3) is 2.97. The van der Waals surface area contributed by atoms with Crippen LogP contribution in [0.1, 0.15) is 5.56 Å². The molecule has 4 heteroatoms. The molecule has 0 saturated heterocycles. The molecule has 1 nitrogen and oxygen atoms in total. The monoisotopic (exact) mass is 204 g/mol. The van der Waals surface area contributed by atoms with Crippen LogP contribution in [0.4, 0.5) is 8.78 Å². The van der Waals surface area contributed by atoms with Crippen LogP contribution in [0.25, 0.3) is 0 Å². The fraction of sp³-hybridized carbons (Fsp3) is 0.333. The maximum atomic E-state index is 13.0. The van der Waals surface area contributed by atoms with Crippen LogP contribution < -0.4 is 0 Å². The van der Waals surface area contributed by atoms with Gasteiger partial charge in [0.05, 0.1) is 6.61 Å². The molecule has 0 amide bonds. The zero-order valence-corrected chi connectivity index (χ0v) is 7.78. The predicted octanol–water partition coefficient (Wildman–Crippen LogP) is 2.19. The first-order valence-electron chi connectivity index (χ1n) is 3.87. The normalized spacial score (nSPS) is 10.4. The van der Waals surface area contributed by atoms with E-state index >= 15 is 0 Å². The molecule has 1 rings (SSSR count). The number of halogens is 2. The van der Waals surface area contributed by atoms with Gasteiger partial charge < -0.3 is 5.11 Å². The van der Waals surface area contributed by atoms with E-state index in [-0.39, 0.29) is 6.61 Å². The van der Waals surface area contributed by atoms with Gasteiger partial charge in [0.1, 0.15) is 0 Å². The van der Waals surface area contributed by atoms with Crippen LogP contribution in [0.5, 0.6) is 0 Å². The number of benzene rings is 1. The second kappa shape index (κ2) is 5.19. The predicted molar refractivity (Wildman–Crippen MR) is 49.6 cm³/mol. The van der Waals surface area contributed by atoms with E-state index in [1.807, 2.05) is 0 Å². The van der Waals surface area contributed by atoms with Crippen molar-refractivity contribution >= 4 is 11.8 Å². The second-order valence-electron chi connectivity index (χ2n) is 2.49. The van der Waals surface area contributed by atoms with E-state index in [0.29, 0.717) is 17.1 Å². The summed E-state index contributed by atoms with van der Waals surface area (Å²) in [5, 5.41) is 8.48. The average Bonchev–Trinajstić information content (AvgIpc) is 2.13. The van der Waals surface area contributed by atoms with Gasteiger partial charge in [-0.3, -0.25) is 0 Å². The van der Waals surface area contributed by atoms with Crippen LogP contribution in [0.3, 0.4) is 0 Å². The number of hydrogen-bond donors (Lipinski definition) is 1. The third-order valence-corrected chi connectivity index (χ3v) is 2.51. The number of rotatable bonds is 4. The summed E-state index contributed by atoms with van der Waals surface area (Å²) in [6, 6.07) is 4.12. The molecule has 0 atom stereocenters. The van der Waals surface area contributed by atoms with Gasteiger partial charge in [0, 0.05) is 17.1 Å². The maximum absolute atomic E-state index is 13.0. The Morgan fingerprint density at radius 2 is 2.08 bits per heavy atom. The summed E-state index contributed by atoms with van der Waals surface area (Å²) in [4.78, 5) is 0. The fourth-order valence-corrected chi connectivity index (χ4v) is 1.62. The lowest BCUT2D eigenvalue weighted by molar-refractivity contribution is 0.322. The minimum absolute atomic E-state index is 0.0571. The van der Waals surface area contributed by atoms with Crippen molar-refractivity contribution in [3.05, 3.63) is 35.4 Å². The molecule has 0 radical (unpaired) electrons. The van der Waals surface area contributed by atoms with Crippen molar-refractivity contribution in [3.63, 3.8) is 0 Å². The highest BCUT2D eigenvalue weighted by Gasteiger charge is 2.06. The molecule has 0 spiro atoms. The lowest BCUT2D eigenvalue weighted by Crippen LogP contribution is -1.93. The SMILES string of the molecule is OCCSCc1cccc(F)c1F. The largest absolute Gasteiger partial charge is 0.396 e. The zero-order valence-electron chi connectivity index (χ0n) is 6.96. The molecule has 1 aromatic carbocycles. The minimum Gasteiger partial charge on any atom is -0.396 e. The van der Waals surface area contributed by atoms with Crippen molar-refractivity contribution in [2.45, 2.75) is 5.75 Å². The summed E-state index contributed by atoms with van der Waals surface area (Å²) < 4.78 is 25.6. The molecule has 1 N–H and O–H groups in total. The van der Waals surface area contributed by atoms with E-state index in [1.165, 1.54) is 17.8 Å². The second-order valence-corrected chi connectivity index (χ2v) is 3.59. The molecule has 0 aliphatic heterocycles. The highest BCUT2D eigenvalue weighted by Crippen LogP contribution is 2.17. The van der Waals surface area contributed by atoms with Gasteiger partial charge in [-0.15, -0.1) is 0 Å². The van der Waals surface area contributed by atoms with Crippen LogP contribution in [0.15, 0.2) is 18.2 Å². The van der Waals surface area contributed by atoms with Gasteiger partial charge in [0.25, 0.3) is 0 Å². The molecule has 0 aliphatic rings. The number of aliphatic hydroxyl groups excluding tert-OH is 1. The molecule has 0 bridgehead atoms. The molecule has 0 heterocycles. The van der Waals surface area contributed by atoms with Crippen molar-refractivity contribution < 1.29 is 13.9 Å². The van der Waals surface area contributed by atoms with Gasteiger partial charge in [0.15, 0.2) is 11.6 Å². The van der Waals surface area contributed by atoms with Gasteiger partial charge in [-0.2, -0.15) is 11.8 Å². The first kappa shape index (κ1) is 10.5. The maximum Gasteiger partial charge on any atom is 0.162 e. The number of thioether (sulfide) groups is 1. The van der Waals surface area contributed by atoms with Crippen molar-refractivity contribution in [2.24, 2.45) is 0 Å². The molecule has 1 aromatic rings. The topological polar surface area (TPSA) is 20.2 Å². The Bertz CT molecular complexity index is 278. The van der Waals surface area contributed by atoms with E-state index in [4.69, 9.17) is 5.11 Å². The Morgan fingerprint density at radius 1 is 1.31 bits per heavy atom. The lowest BCUT2D eigenvalue weighted by Gasteiger charge is -2.02. The van der Waals surface area contributed by atoms with Gasteiger partial charge in [-0.1, -0.05) is 12.1 Å². The minimum atomic E-state index is -0.818.